The van der Waals surface area contributed by atoms with Crippen LogP contribution in [0.2, 0.25) is 0 Å². The van der Waals surface area contributed by atoms with Gasteiger partial charge in [-0.1, -0.05) is 54.6 Å². The topological polar surface area (TPSA) is 66.8 Å². The van der Waals surface area contributed by atoms with Crippen LogP contribution in [0.25, 0.3) is 6.08 Å². The number of amides is 1. The summed E-state index contributed by atoms with van der Waals surface area (Å²) in [4.78, 5) is 24.2. The van der Waals surface area contributed by atoms with E-state index in [1.165, 1.54) is 11.0 Å². The molecule has 0 aromatic heterocycles. The lowest BCUT2D eigenvalue weighted by Crippen LogP contribution is -2.30. The van der Waals surface area contributed by atoms with Gasteiger partial charge >= 0.3 is 12.1 Å². The summed E-state index contributed by atoms with van der Waals surface area (Å²) in [7, 11) is 0. The molecule has 2 rings (SSSR count). The van der Waals surface area contributed by atoms with Gasteiger partial charge in [-0.05, 0) is 36.1 Å². The summed E-state index contributed by atoms with van der Waals surface area (Å²) < 4.78 is 4.84. The van der Waals surface area contributed by atoms with Gasteiger partial charge in [-0.3, -0.25) is 0 Å². The lowest BCUT2D eigenvalue weighted by Gasteiger charge is -2.19. The Balaban J connectivity index is 1.91. The minimum atomic E-state index is -0.928. The minimum absolute atomic E-state index is 0.352. The molecule has 0 bridgehead atoms. The Kier molecular flexibility index (Phi) is 7.43. The van der Waals surface area contributed by atoms with E-state index < -0.39 is 6.09 Å². The zero-order valence-electron chi connectivity index (χ0n) is 14.8. The summed E-state index contributed by atoms with van der Waals surface area (Å²) in [5.74, 6) is -0.366. The predicted molar refractivity (Wildman–Crippen MR) is 101 cm³/mol. The van der Waals surface area contributed by atoms with E-state index in [1.807, 2.05) is 54.6 Å². The largest absolute Gasteiger partial charge is 0.465 e. The first kappa shape index (κ1) is 19.2. The number of hydrogen-bond donors (Lipinski definition) is 1. The summed E-state index contributed by atoms with van der Waals surface area (Å²) in [5.41, 5.74) is 2.90. The molecule has 0 spiro atoms. The van der Waals surface area contributed by atoms with Crippen molar-refractivity contribution in [1.29, 1.82) is 0 Å². The van der Waals surface area contributed by atoms with Crippen molar-refractivity contribution in [3.05, 3.63) is 77.4 Å². The molecule has 0 fully saturated rings. The number of esters is 1. The van der Waals surface area contributed by atoms with E-state index in [9.17, 15) is 14.7 Å². The van der Waals surface area contributed by atoms with Crippen LogP contribution in [0, 0.1) is 0 Å². The van der Waals surface area contributed by atoms with Crippen molar-refractivity contribution in [2.45, 2.75) is 19.9 Å². The van der Waals surface area contributed by atoms with Gasteiger partial charge in [-0.25, -0.2) is 9.59 Å². The molecule has 0 saturated carbocycles. The van der Waals surface area contributed by atoms with Crippen LogP contribution in [0.1, 0.15) is 23.6 Å². The SMILES string of the molecule is CCOC(=O)/C=C\c1ccc(CCN(Cc2ccccc2)C(=O)O)cc1. The molecule has 5 nitrogen and oxygen atoms in total. The average molecular weight is 353 g/mol. The van der Waals surface area contributed by atoms with Gasteiger partial charge in [-0.15, -0.1) is 0 Å². The Hall–Kier alpha value is -3.08. The first-order valence-electron chi connectivity index (χ1n) is 8.54. The lowest BCUT2D eigenvalue weighted by molar-refractivity contribution is -0.137. The smallest absolute Gasteiger partial charge is 0.407 e. The summed E-state index contributed by atoms with van der Waals surface area (Å²) in [6.45, 7) is 2.91. The maximum Gasteiger partial charge on any atom is 0.407 e. The molecule has 2 aromatic carbocycles. The van der Waals surface area contributed by atoms with Crippen molar-refractivity contribution in [3.8, 4) is 0 Å². The van der Waals surface area contributed by atoms with Gasteiger partial charge in [0.05, 0.1) is 6.61 Å². The van der Waals surface area contributed by atoms with Crippen molar-refractivity contribution in [2.24, 2.45) is 0 Å². The Bertz CT molecular complexity index is 738. The molecule has 0 atom stereocenters. The number of carbonyl (C=O) groups is 2. The predicted octanol–water partition coefficient (Wildman–Crippen LogP) is 3.99. The molecule has 0 radical (unpaired) electrons. The molecule has 1 N–H and O–H groups in total. The fraction of sp³-hybridized carbons (Fsp3) is 0.238. The van der Waals surface area contributed by atoms with E-state index in [0.717, 1.165) is 16.7 Å². The molecule has 0 aliphatic heterocycles. The van der Waals surface area contributed by atoms with Crippen LogP contribution < -0.4 is 0 Å². The Labute approximate surface area is 153 Å². The molecule has 0 aliphatic carbocycles. The van der Waals surface area contributed by atoms with Crippen LogP contribution in [-0.2, 0) is 22.5 Å². The third-order valence-electron chi connectivity index (χ3n) is 3.84. The number of benzene rings is 2. The first-order valence-corrected chi connectivity index (χ1v) is 8.54. The highest BCUT2D eigenvalue weighted by Gasteiger charge is 2.12. The van der Waals surface area contributed by atoms with Crippen molar-refractivity contribution in [2.75, 3.05) is 13.2 Å². The second-order valence-corrected chi connectivity index (χ2v) is 5.77. The summed E-state index contributed by atoms with van der Waals surface area (Å²) in [6, 6.07) is 17.2. The number of carbonyl (C=O) groups excluding carboxylic acids is 1. The van der Waals surface area contributed by atoms with Crippen molar-refractivity contribution in [1.82, 2.24) is 4.90 Å². The highest BCUT2D eigenvalue weighted by molar-refractivity contribution is 5.87. The van der Waals surface area contributed by atoms with Crippen LogP contribution in [0.5, 0.6) is 0 Å². The van der Waals surface area contributed by atoms with E-state index in [-0.39, 0.29) is 5.97 Å². The molecule has 1 amide bonds. The normalized spacial score (nSPS) is 10.7. The van der Waals surface area contributed by atoms with Crippen LogP contribution >= 0.6 is 0 Å². The zero-order valence-corrected chi connectivity index (χ0v) is 14.8. The quantitative estimate of drug-likeness (QED) is 0.576. The second-order valence-electron chi connectivity index (χ2n) is 5.77. The van der Waals surface area contributed by atoms with E-state index in [2.05, 4.69) is 0 Å². The van der Waals surface area contributed by atoms with Crippen LogP contribution in [0.15, 0.2) is 60.7 Å². The first-order chi connectivity index (χ1) is 12.6. The molecule has 0 saturated heterocycles. The van der Waals surface area contributed by atoms with Crippen molar-refractivity contribution < 1.29 is 19.4 Å². The van der Waals surface area contributed by atoms with Crippen LogP contribution in [-0.4, -0.2) is 35.2 Å². The molecule has 2 aromatic rings. The van der Waals surface area contributed by atoms with E-state index >= 15 is 0 Å². The fourth-order valence-electron chi connectivity index (χ4n) is 2.46. The maximum absolute atomic E-state index is 11.5. The maximum atomic E-state index is 11.5. The molecule has 136 valence electrons. The van der Waals surface area contributed by atoms with E-state index in [4.69, 9.17) is 4.74 Å². The Morgan fingerprint density at radius 1 is 1.04 bits per heavy atom. The van der Waals surface area contributed by atoms with Crippen molar-refractivity contribution >= 4 is 18.1 Å². The number of ether oxygens (including phenoxy) is 1. The zero-order chi connectivity index (χ0) is 18.8. The van der Waals surface area contributed by atoms with Gasteiger partial charge in [0.2, 0.25) is 0 Å². The minimum Gasteiger partial charge on any atom is -0.465 e. The lowest BCUT2D eigenvalue weighted by atomic mass is 10.1. The third-order valence-corrected chi connectivity index (χ3v) is 3.84. The van der Waals surface area contributed by atoms with Crippen molar-refractivity contribution in [3.63, 3.8) is 0 Å². The van der Waals surface area contributed by atoms with E-state index in [1.54, 1.807) is 13.0 Å². The second kappa shape index (κ2) is 10.0. The van der Waals surface area contributed by atoms with Gasteiger partial charge in [0.25, 0.3) is 0 Å². The number of nitrogens with zero attached hydrogens (tertiary/aromatic N) is 1. The summed E-state index contributed by atoms with van der Waals surface area (Å²) in [5, 5.41) is 9.40. The molecule has 0 heterocycles. The number of hydrogen-bond acceptors (Lipinski definition) is 3. The van der Waals surface area contributed by atoms with E-state index in [0.29, 0.717) is 26.1 Å². The summed E-state index contributed by atoms with van der Waals surface area (Å²) >= 11 is 0. The monoisotopic (exact) mass is 353 g/mol. The van der Waals surface area contributed by atoms with Crippen LogP contribution in [0.4, 0.5) is 4.79 Å². The Morgan fingerprint density at radius 2 is 1.73 bits per heavy atom. The molecule has 0 unspecified atom stereocenters. The standard InChI is InChI=1S/C21H23NO4/c1-2-26-20(23)13-12-17-8-10-18(11-9-17)14-15-22(21(24)25)16-19-6-4-3-5-7-19/h3-13H,2,14-16H2,1H3,(H,24,25)/b13-12-. The molecule has 26 heavy (non-hydrogen) atoms. The summed E-state index contributed by atoms with van der Waals surface area (Å²) in [6.07, 6.45) is 2.79. The highest BCUT2D eigenvalue weighted by atomic mass is 16.5. The molecular formula is C21H23NO4. The third kappa shape index (κ3) is 6.43. The molecule has 5 heteroatoms. The number of rotatable bonds is 8. The molecule has 0 aliphatic rings. The van der Waals surface area contributed by atoms with Crippen LogP contribution in [0.3, 0.4) is 0 Å². The van der Waals surface area contributed by atoms with Gasteiger partial charge in [0.15, 0.2) is 0 Å². The van der Waals surface area contributed by atoms with Gasteiger partial charge in [-0.2, -0.15) is 0 Å². The van der Waals surface area contributed by atoms with Gasteiger partial charge < -0.3 is 14.7 Å². The highest BCUT2D eigenvalue weighted by Crippen LogP contribution is 2.10. The average Bonchev–Trinajstić information content (AvgIpc) is 2.65. The fourth-order valence-corrected chi connectivity index (χ4v) is 2.46. The molecular weight excluding hydrogens is 330 g/mol. The Morgan fingerprint density at radius 3 is 2.35 bits per heavy atom. The van der Waals surface area contributed by atoms with Gasteiger partial charge in [0.1, 0.15) is 0 Å². The number of carboxylic acid groups (broad SMARTS) is 1. The van der Waals surface area contributed by atoms with Gasteiger partial charge in [0, 0.05) is 19.2 Å².